The number of urea groups is 1. The molecule has 1 saturated heterocycles. The number of hydrogen-bond donors (Lipinski definition) is 1. The van der Waals surface area contributed by atoms with Crippen LogP contribution in [-0.4, -0.2) is 40.9 Å². The molecule has 2 aliphatic heterocycles. The molecule has 1 saturated carbocycles. The van der Waals surface area contributed by atoms with Crippen LogP contribution in [0.25, 0.3) is 0 Å². The summed E-state index contributed by atoms with van der Waals surface area (Å²) >= 11 is 0. The van der Waals surface area contributed by atoms with E-state index >= 15 is 0 Å². The van der Waals surface area contributed by atoms with Crippen LogP contribution >= 0.6 is 0 Å². The molecule has 2 heterocycles. The van der Waals surface area contributed by atoms with E-state index in [4.69, 9.17) is 0 Å². The maximum Gasteiger partial charge on any atom is 0.325 e. The topological polar surface area (TPSA) is 69.7 Å². The molecule has 4 rings (SSSR count). The molecule has 1 N–H and O–H groups in total. The van der Waals surface area contributed by atoms with E-state index in [1.54, 1.807) is 4.90 Å². The van der Waals surface area contributed by atoms with E-state index < -0.39 is 5.54 Å². The fourth-order valence-electron chi connectivity index (χ4n) is 4.47. The summed E-state index contributed by atoms with van der Waals surface area (Å²) in [5, 5.41) is 2.86. The molecule has 1 unspecified atom stereocenters. The molecule has 6 heteroatoms. The van der Waals surface area contributed by atoms with Crippen LogP contribution in [0.15, 0.2) is 24.3 Å². The molecular weight excluding hydrogens is 318 g/mol. The van der Waals surface area contributed by atoms with E-state index in [2.05, 4.69) is 5.32 Å². The number of anilines is 1. The van der Waals surface area contributed by atoms with Gasteiger partial charge in [-0.2, -0.15) is 0 Å². The Labute approximate surface area is 147 Å². The Hall–Kier alpha value is -2.37. The van der Waals surface area contributed by atoms with Gasteiger partial charge in [-0.15, -0.1) is 0 Å². The van der Waals surface area contributed by atoms with Crippen LogP contribution in [0.3, 0.4) is 0 Å². The van der Waals surface area contributed by atoms with Gasteiger partial charge in [0.05, 0.1) is 0 Å². The predicted molar refractivity (Wildman–Crippen MR) is 93.2 cm³/mol. The van der Waals surface area contributed by atoms with Gasteiger partial charge < -0.3 is 10.2 Å². The average Bonchev–Trinajstić information content (AvgIpc) is 3.24. The number of nitrogens with one attached hydrogen (secondary N) is 1. The second-order valence-electron chi connectivity index (χ2n) is 7.37. The third kappa shape index (κ3) is 2.51. The van der Waals surface area contributed by atoms with Crippen LogP contribution in [0.1, 0.15) is 44.6 Å². The van der Waals surface area contributed by atoms with Crippen molar-refractivity contribution in [2.45, 2.75) is 57.0 Å². The summed E-state index contributed by atoms with van der Waals surface area (Å²) in [5.74, 6) is -0.192. The third-order valence-electron chi connectivity index (χ3n) is 5.73. The quantitative estimate of drug-likeness (QED) is 0.857. The van der Waals surface area contributed by atoms with Gasteiger partial charge in [0.15, 0.2) is 0 Å². The lowest BCUT2D eigenvalue weighted by molar-refractivity contribution is -0.131. The largest absolute Gasteiger partial charge is 0.325 e. The molecule has 0 radical (unpaired) electrons. The van der Waals surface area contributed by atoms with Crippen molar-refractivity contribution in [1.29, 1.82) is 0 Å². The van der Waals surface area contributed by atoms with Gasteiger partial charge in [-0.3, -0.25) is 14.5 Å². The third-order valence-corrected chi connectivity index (χ3v) is 5.73. The molecule has 0 bridgehead atoms. The van der Waals surface area contributed by atoms with E-state index in [9.17, 15) is 14.4 Å². The standard InChI is InChI=1S/C19H23N3O3/c1-13-12-14-6-2-3-7-15(14)22(13)16(23)8-11-21-17(24)19(20-18(21)25)9-4-5-10-19/h2-3,6-7,13H,4-5,8-12H2,1H3,(H,20,25). The number of hydrogen-bond acceptors (Lipinski definition) is 3. The Morgan fingerprint density at radius 1 is 1.24 bits per heavy atom. The molecule has 2 fully saturated rings. The maximum atomic E-state index is 12.8. The normalized spacial score (nSPS) is 24.1. The van der Waals surface area contributed by atoms with Crippen LogP contribution in [0.4, 0.5) is 10.5 Å². The number of carbonyl (C=O) groups is 3. The van der Waals surface area contributed by atoms with Crippen molar-refractivity contribution in [2.75, 3.05) is 11.4 Å². The lowest BCUT2D eigenvalue weighted by Crippen LogP contribution is -2.44. The van der Waals surface area contributed by atoms with Crippen molar-refractivity contribution in [3.05, 3.63) is 29.8 Å². The van der Waals surface area contributed by atoms with Gasteiger partial charge in [0.2, 0.25) is 5.91 Å². The van der Waals surface area contributed by atoms with Crippen LogP contribution in [0.2, 0.25) is 0 Å². The summed E-state index contributed by atoms with van der Waals surface area (Å²) in [4.78, 5) is 40.7. The van der Waals surface area contributed by atoms with Gasteiger partial charge >= 0.3 is 6.03 Å². The first kappa shape index (κ1) is 16.1. The summed E-state index contributed by atoms with van der Waals surface area (Å²) < 4.78 is 0. The summed E-state index contributed by atoms with van der Waals surface area (Å²) in [6.45, 7) is 2.18. The average molecular weight is 341 g/mol. The molecule has 1 atom stereocenters. The van der Waals surface area contributed by atoms with Crippen LogP contribution in [-0.2, 0) is 16.0 Å². The fraction of sp³-hybridized carbons (Fsp3) is 0.526. The molecule has 3 aliphatic rings. The number of carbonyl (C=O) groups excluding carboxylic acids is 3. The summed E-state index contributed by atoms with van der Waals surface area (Å²) in [6.07, 6.45) is 4.33. The number of nitrogens with zero attached hydrogens (tertiary/aromatic N) is 2. The molecule has 132 valence electrons. The molecule has 1 aliphatic carbocycles. The van der Waals surface area contributed by atoms with Crippen molar-refractivity contribution in [3.8, 4) is 0 Å². The monoisotopic (exact) mass is 341 g/mol. The lowest BCUT2D eigenvalue weighted by Gasteiger charge is -2.24. The minimum atomic E-state index is -0.701. The zero-order chi connectivity index (χ0) is 17.6. The predicted octanol–water partition coefficient (Wildman–Crippen LogP) is 2.22. The van der Waals surface area contributed by atoms with Crippen molar-refractivity contribution >= 4 is 23.5 Å². The molecule has 4 amide bonds. The number of rotatable bonds is 3. The summed E-state index contributed by atoms with van der Waals surface area (Å²) in [6, 6.07) is 7.66. The molecule has 25 heavy (non-hydrogen) atoms. The van der Waals surface area contributed by atoms with Gasteiger partial charge in [0.1, 0.15) is 5.54 Å². The molecule has 1 spiro atoms. The Morgan fingerprint density at radius 3 is 2.72 bits per heavy atom. The molecular formula is C19H23N3O3. The Kier molecular flexibility index (Phi) is 3.78. The first-order valence-electron chi connectivity index (χ1n) is 9.06. The van der Waals surface area contributed by atoms with Gasteiger partial charge in [0, 0.05) is 24.7 Å². The van der Waals surface area contributed by atoms with Crippen molar-refractivity contribution in [1.82, 2.24) is 10.2 Å². The smallest absolute Gasteiger partial charge is 0.323 e. The van der Waals surface area contributed by atoms with E-state index in [0.717, 1.165) is 24.9 Å². The van der Waals surface area contributed by atoms with Crippen LogP contribution in [0, 0.1) is 0 Å². The van der Waals surface area contributed by atoms with E-state index in [-0.39, 0.29) is 36.9 Å². The van der Waals surface area contributed by atoms with Crippen molar-refractivity contribution in [3.63, 3.8) is 0 Å². The maximum absolute atomic E-state index is 12.8. The van der Waals surface area contributed by atoms with E-state index in [1.807, 2.05) is 31.2 Å². The van der Waals surface area contributed by atoms with Crippen molar-refractivity contribution in [2.24, 2.45) is 0 Å². The van der Waals surface area contributed by atoms with Crippen LogP contribution in [0.5, 0.6) is 0 Å². The number of para-hydroxylation sites is 1. The minimum Gasteiger partial charge on any atom is -0.323 e. The second kappa shape index (κ2) is 5.86. The first-order valence-corrected chi connectivity index (χ1v) is 9.06. The highest BCUT2D eigenvalue weighted by Gasteiger charge is 2.52. The van der Waals surface area contributed by atoms with Gasteiger partial charge in [-0.05, 0) is 37.8 Å². The molecule has 0 aromatic heterocycles. The molecule has 6 nitrogen and oxygen atoms in total. The zero-order valence-corrected chi connectivity index (χ0v) is 14.5. The highest BCUT2D eigenvalue weighted by Crippen LogP contribution is 2.35. The zero-order valence-electron chi connectivity index (χ0n) is 14.5. The van der Waals surface area contributed by atoms with E-state index in [0.29, 0.717) is 12.8 Å². The highest BCUT2D eigenvalue weighted by molar-refractivity contribution is 6.07. The van der Waals surface area contributed by atoms with Gasteiger partial charge in [0.25, 0.3) is 5.91 Å². The number of imide groups is 1. The fourth-order valence-corrected chi connectivity index (χ4v) is 4.47. The SMILES string of the molecule is CC1Cc2ccccc2N1C(=O)CCN1C(=O)NC2(CCCC2)C1=O. The Morgan fingerprint density at radius 2 is 1.96 bits per heavy atom. The lowest BCUT2D eigenvalue weighted by atomic mass is 9.98. The van der Waals surface area contributed by atoms with E-state index in [1.165, 1.54) is 10.5 Å². The number of benzene rings is 1. The van der Waals surface area contributed by atoms with Gasteiger partial charge in [-0.25, -0.2) is 4.79 Å². The highest BCUT2D eigenvalue weighted by atomic mass is 16.2. The van der Waals surface area contributed by atoms with Crippen molar-refractivity contribution < 1.29 is 14.4 Å². The van der Waals surface area contributed by atoms with Gasteiger partial charge in [-0.1, -0.05) is 31.0 Å². The Balaban J connectivity index is 1.44. The first-order chi connectivity index (χ1) is 12.0. The minimum absolute atomic E-state index is 0.0366. The van der Waals surface area contributed by atoms with Crippen LogP contribution < -0.4 is 10.2 Å². The summed E-state index contributed by atoms with van der Waals surface area (Å²) in [7, 11) is 0. The number of fused-ring (bicyclic) bond motifs is 1. The summed E-state index contributed by atoms with van der Waals surface area (Å²) in [5.41, 5.74) is 1.42. The second-order valence-corrected chi connectivity index (χ2v) is 7.37. The molecule has 1 aromatic rings. The number of amides is 4. The molecule has 1 aromatic carbocycles. The Bertz CT molecular complexity index is 739.